The molecule has 4 nitrogen and oxygen atoms in total. The summed E-state index contributed by atoms with van der Waals surface area (Å²) in [5.41, 5.74) is 4.02. The molecule has 1 fully saturated rings. The molecule has 1 aromatic carbocycles. The fourth-order valence-electron chi connectivity index (χ4n) is 2.01. The normalized spacial score (nSPS) is 16.3. The number of imide groups is 1. The van der Waals surface area contributed by atoms with Crippen LogP contribution in [0.3, 0.4) is 0 Å². The number of carbonyl (C=O) groups is 2. The van der Waals surface area contributed by atoms with E-state index in [0.29, 0.717) is 4.91 Å². The lowest BCUT2D eigenvalue weighted by Crippen LogP contribution is -2.17. The lowest BCUT2D eigenvalue weighted by atomic mass is 10.0. The highest BCUT2D eigenvalue weighted by Gasteiger charge is 2.24. The highest BCUT2D eigenvalue weighted by Crippen LogP contribution is 2.27. The van der Waals surface area contributed by atoms with Gasteiger partial charge in [0.1, 0.15) is 0 Å². The number of aryl methyl sites for hydroxylation is 1. The van der Waals surface area contributed by atoms with Crippen LogP contribution in [-0.2, 0) is 4.79 Å². The fourth-order valence-corrected chi connectivity index (χ4v) is 2.70. The molecule has 0 radical (unpaired) electrons. The molecule has 5 heteroatoms. The third-order valence-electron chi connectivity index (χ3n) is 3.08. The van der Waals surface area contributed by atoms with Crippen LogP contribution in [0.25, 0.3) is 17.2 Å². The van der Waals surface area contributed by atoms with Crippen LogP contribution in [0.15, 0.2) is 47.6 Å². The number of thioether (sulfide) groups is 1. The quantitative estimate of drug-likeness (QED) is 0.863. The van der Waals surface area contributed by atoms with E-state index in [1.807, 2.05) is 37.3 Å². The van der Waals surface area contributed by atoms with Crippen molar-refractivity contribution in [2.24, 2.45) is 0 Å². The van der Waals surface area contributed by atoms with E-state index in [4.69, 9.17) is 0 Å². The predicted octanol–water partition coefficient (Wildman–Crippen LogP) is 3.38. The summed E-state index contributed by atoms with van der Waals surface area (Å²) in [6.45, 7) is 2.04. The van der Waals surface area contributed by atoms with Crippen molar-refractivity contribution < 1.29 is 9.59 Å². The van der Waals surface area contributed by atoms with Crippen molar-refractivity contribution in [2.75, 3.05) is 0 Å². The van der Waals surface area contributed by atoms with Crippen LogP contribution in [-0.4, -0.2) is 16.1 Å². The van der Waals surface area contributed by atoms with Gasteiger partial charge in [-0.1, -0.05) is 29.8 Å². The van der Waals surface area contributed by atoms with Gasteiger partial charge in [0.15, 0.2) is 0 Å². The van der Waals surface area contributed by atoms with Gasteiger partial charge >= 0.3 is 0 Å². The molecule has 1 aliphatic heterocycles. The minimum absolute atomic E-state index is 0.339. The molecule has 0 aliphatic carbocycles. The molecule has 1 aromatic heterocycles. The van der Waals surface area contributed by atoms with Crippen molar-refractivity contribution in [3.63, 3.8) is 0 Å². The Morgan fingerprint density at radius 2 is 1.86 bits per heavy atom. The molecule has 3 rings (SSSR count). The molecule has 2 aromatic rings. The monoisotopic (exact) mass is 296 g/mol. The molecule has 1 aliphatic rings. The standard InChI is InChI=1S/C16H12N2O2S/c1-10-2-4-12(5-3-10)13-6-11(8-17-9-13)7-14-15(19)18-16(20)21-14/h2-9H,1H3,(H,18,19,20). The number of hydrogen-bond acceptors (Lipinski definition) is 4. The average Bonchev–Trinajstić information content (AvgIpc) is 2.78. The van der Waals surface area contributed by atoms with Crippen LogP contribution in [0, 0.1) is 6.92 Å². The second kappa shape index (κ2) is 5.54. The van der Waals surface area contributed by atoms with Crippen molar-refractivity contribution in [3.8, 4) is 11.1 Å². The summed E-state index contributed by atoms with van der Waals surface area (Å²) in [5.74, 6) is -0.356. The largest absolute Gasteiger partial charge is 0.290 e. The third kappa shape index (κ3) is 3.03. The minimum Gasteiger partial charge on any atom is -0.282 e. The maximum atomic E-state index is 11.5. The van der Waals surface area contributed by atoms with Gasteiger partial charge in [-0.15, -0.1) is 0 Å². The summed E-state index contributed by atoms with van der Waals surface area (Å²) >= 11 is 0.906. The SMILES string of the molecule is Cc1ccc(-c2cncc(C=C3SC(=O)NC3=O)c2)cc1. The molecule has 21 heavy (non-hydrogen) atoms. The van der Waals surface area contributed by atoms with Crippen LogP contribution in [0.1, 0.15) is 11.1 Å². The first-order valence-corrected chi connectivity index (χ1v) is 7.20. The van der Waals surface area contributed by atoms with Crippen LogP contribution in [0.5, 0.6) is 0 Å². The Morgan fingerprint density at radius 1 is 1.10 bits per heavy atom. The van der Waals surface area contributed by atoms with Crippen molar-refractivity contribution in [2.45, 2.75) is 6.92 Å². The van der Waals surface area contributed by atoms with Crippen molar-refractivity contribution in [1.29, 1.82) is 0 Å². The van der Waals surface area contributed by atoms with Gasteiger partial charge in [0, 0.05) is 18.0 Å². The first kappa shape index (κ1) is 13.6. The molecular weight excluding hydrogens is 284 g/mol. The van der Waals surface area contributed by atoms with Crippen LogP contribution < -0.4 is 5.32 Å². The second-order valence-electron chi connectivity index (χ2n) is 4.73. The maximum absolute atomic E-state index is 11.5. The summed E-state index contributed by atoms with van der Waals surface area (Å²) in [6.07, 6.45) is 5.12. The summed E-state index contributed by atoms with van der Waals surface area (Å²) < 4.78 is 0. The van der Waals surface area contributed by atoms with Gasteiger partial charge in [0.2, 0.25) is 0 Å². The van der Waals surface area contributed by atoms with Gasteiger partial charge in [-0.3, -0.25) is 19.9 Å². The molecule has 104 valence electrons. The predicted molar refractivity (Wildman–Crippen MR) is 83.5 cm³/mol. The number of rotatable bonds is 2. The Morgan fingerprint density at radius 3 is 2.52 bits per heavy atom. The lowest BCUT2D eigenvalue weighted by Gasteiger charge is -2.03. The average molecular weight is 296 g/mol. The zero-order chi connectivity index (χ0) is 14.8. The Kier molecular flexibility index (Phi) is 3.58. The fraction of sp³-hybridized carbons (Fsp3) is 0.0625. The van der Waals surface area contributed by atoms with E-state index in [0.717, 1.165) is 28.5 Å². The summed E-state index contributed by atoms with van der Waals surface area (Å²) in [5, 5.41) is 1.90. The van der Waals surface area contributed by atoms with Gasteiger partial charge in [0.05, 0.1) is 4.91 Å². The number of amides is 2. The van der Waals surface area contributed by atoms with Gasteiger partial charge in [-0.2, -0.15) is 0 Å². The molecule has 1 saturated heterocycles. The first-order chi connectivity index (χ1) is 10.1. The van der Waals surface area contributed by atoms with Crippen molar-refractivity contribution >= 4 is 29.0 Å². The molecule has 0 saturated carbocycles. The number of carbonyl (C=O) groups excluding carboxylic acids is 2. The number of hydrogen-bond donors (Lipinski definition) is 1. The summed E-state index contributed by atoms with van der Waals surface area (Å²) in [4.78, 5) is 27.3. The van der Waals surface area contributed by atoms with Gasteiger partial charge < -0.3 is 0 Å². The number of benzene rings is 1. The summed E-state index contributed by atoms with van der Waals surface area (Å²) in [7, 11) is 0. The number of pyridine rings is 1. The van der Waals surface area contributed by atoms with E-state index in [1.54, 1.807) is 18.5 Å². The molecule has 0 spiro atoms. The Labute approximate surface area is 126 Å². The highest BCUT2D eigenvalue weighted by molar-refractivity contribution is 8.18. The third-order valence-corrected chi connectivity index (χ3v) is 3.89. The smallest absolute Gasteiger partial charge is 0.282 e. The molecule has 0 unspecified atom stereocenters. The van der Waals surface area contributed by atoms with Crippen molar-refractivity contribution in [1.82, 2.24) is 10.3 Å². The first-order valence-electron chi connectivity index (χ1n) is 6.39. The maximum Gasteiger partial charge on any atom is 0.290 e. The van der Waals surface area contributed by atoms with Crippen LogP contribution >= 0.6 is 11.8 Å². The zero-order valence-electron chi connectivity index (χ0n) is 11.3. The van der Waals surface area contributed by atoms with Crippen LogP contribution in [0.4, 0.5) is 4.79 Å². The Bertz CT molecular complexity index is 751. The topological polar surface area (TPSA) is 59.1 Å². The zero-order valence-corrected chi connectivity index (χ0v) is 12.1. The Balaban J connectivity index is 1.93. The Hall–Kier alpha value is -2.40. The van der Waals surface area contributed by atoms with E-state index in [1.165, 1.54) is 5.56 Å². The molecule has 1 N–H and O–H groups in total. The molecule has 2 amide bonds. The van der Waals surface area contributed by atoms with E-state index < -0.39 is 0 Å². The molecule has 2 heterocycles. The summed E-state index contributed by atoms with van der Waals surface area (Å²) in [6, 6.07) is 10.1. The van der Waals surface area contributed by atoms with Gasteiger partial charge in [0.25, 0.3) is 11.1 Å². The number of nitrogens with one attached hydrogen (secondary N) is 1. The lowest BCUT2D eigenvalue weighted by molar-refractivity contribution is -0.115. The van der Waals surface area contributed by atoms with Crippen molar-refractivity contribution in [3.05, 3.63) is 58.8 Å². The highest BCUT2D eigenvalue weighted by atomic mass is 32.2. The van der Waals surface area contributed by atoms with Crippen LogP contribution in [0.2, 0.25) is 0 Å². The minimum atomic E-state index is -0.356. The van der Waals surface area contributed by atoms with Gasteiger partial charge in [-0.25, -0.2) is 0 Å². The molecular formula is C16H12N2O2S. The second-order valence-corrected chi connectivity index (χ2v) is 5.74. The van der Waals surface area contributed by atoms with E-state index in [-0.39, 0.29) is 11.1 Å². The van der Waals surface area contributed by atoms with E-state index in [2.05, 4.69) is 10.3 Å². The number of nitrogens with zero attached hydrogens (tertiary/aromatic N) is 1. The number of aromatic nitrogens is 1. The van der Waals surface area contributed by atoms with E-state index >= 15 is 0 Å². The van der Waals surface area contributed by atoms with Gasteiger partial charge in [-0.05, 0) is 42.0 Å². The van der Waals surface area contributed by atoms with E-state index in [9.17, 15) is 9.59 Å². The molecule has 0 bridgehead atoms. The molecule has 0 atom stereocenters.